The smallest absolute Gasteiger partial charge is 0.317 e. The number of piperidine rings is 1. The summed E-state index contributed by atoms with van der Waals surface area (Å²) < 4.78 is 11.5. The maximum absolute atomic E-state index is 12.4. The lowest BCUT2D eigenvalue weighted by molar-refractivity contribution is -0.189. The highest BCUT2D eigenvalue weighted by Crippen LogP contribution is 2.34. The summed E-state index contributed by atoms with van der Waals surface area (Å²) in [4.78, 5) is 14.4. The first-order chi connectivity index (χ1) is 10.7. The molecule has 5 nitrogen and oxygen atoms in total. The fourth-order valence-electron chi connectivity index (χ4n) is 3.74. The molecule has 2 saturated heterocycles. The largest absolute Gasteiger partial charge is 0.347 e. The van der Waals surface area contributed by atoms with E-state index in [4.69, 9.17) is 9.47 Å². The fraction of sp³-hybridized carbons (Fsp3) is 0.824. The lowest BCUT2D eigenvalue weighted by atomic mass is 9.90. The number of carbonyl (C=O) groups is 1. The van der Waals surface area contributed by atoms with E-state index in [0.717, 1.165) is 45.3 Å². The van der Waals surface area contributed by atoms with Gasteiger partial charge in [-0.2, -0.15) is 0 Å². The number of hydrogen-bond acceptors (Lipinski definition) is 3. The fourth-order valence-corrected chi connectivity index (χ4v) is 3.74. The van der Waals surface area contributed by atoms with E-state index in [1.807, 2.05) is 11.8 Å². The Morgan fingerprint density at radius 2 is 2.14 bits per heavy atom. The van der Waals surface area contributed by atoms with Crippen LogP contribution >= 0.6 is 0 Å². The van der Waals surface area contributed by atoms with Crippen LogP contribution in [0.2, 0.25) is 0 Å². The molecule has 0 spiro atoms. The van der Waals surface area contributed by atoms with E-state index in [1.165, 1.54) is 6.42 Å². The first kappa shape index (κ1) is 15.8. The number of nitrogens with one attached hydrogen (secondary N) is 1. The summed E-state index contributed by atoms with van der Waals surface area (Å²) in [6.07, 6.45) is 9.95. The van der Waals surface area contributed by atoms with Crippen LogP contribution in [-0.4, -0.2) is 49.6 Å². The molecule has 5 heteroatoms. The molecule has 0 aromatic carbocycles. The maximum atomic E-state index is 12.4. The van der Waals surface area contributed by atoms with Crippen molar-refractivity contribution in [2.75, 3.05) is 32.8 Å². The second-order valence-corrected chi connectivity index (χ2v) is 6.83. The Kier molecular flexibility index (Phi) is 5.03. The monoisotopic (exact) mass is 308 g/mol. The number of likely N-dealkylation sites (tertiary alicyclic amines) is 1. The highest BCUT2D eigenvalue weighted by atomic mass is 16.7. The molecule has 124 valence electrons. The average molecular weight is 308 g/mol. The number of carbonyl (C=O) groups excluding carboxylic acids is 1. The number of rotatable bonds is 3. The molecule has 3 rings (SSSR count). The van der Waals surface area contributed by atoms with Gasteiger partial charge in [-0.05, 0) is 44.9 Å². The summed E-state index contributed by atoms with van der Waals surface area (Å²) in [7, 11) is 0. The van der Waals surface area contributed by atoms with Gasteiger partial charge in [-0.25, -0.2) is 4.79 Å². The van der Waals surface area contributed by atoms with Crippen LogP contribution in [0.4, 0.5) is 4.79 Å². The minimum atomic E-state index is -0.507. The zero-order valence-electron chi connectivity index (χ0n) is 13.6. The van der Waals surface area contributed by atoms with Gasteiger partial charge in [-0.1, -0.05) is 12.2 Å². The molecule has 22 heavy (non-hydrogen) atoms. The second-order valence-electron chi connectivity index (χ2n) is 6.83. The van der Waals surface area contributed by atoms with Crippen molar-refractivity contribution >= 4 is 6.03 Å². The maximum Gasteiger partial charge on any atom is 0.317 e. The molecule has 0 aromatic heterocycles. The summed E-state index contributed by atoms with van der Waals surface area (Å²) in [5.74, 6) is 0.355. The molecule has 0 unspecified atom stereocenters. The molecule has 2 amide bonds. The van der Waals surface area contributed by atoms with Crippen molar-refractivity contribution < 1.29 is 14.3 Å². The molecule has 2 aliphatic heterocycles. The van der Waals surface area contributed by atoms with Gasteiger partial charge in [0.15, 0.2) is 5.79 Å². The van der Waals surface area contributed by atoms with E-state index >= 15 is 0 Å². The van der Waals surface area contributed by atoms with Crippen LogP contribution in [0.25, 0.3) is 0 Å². The molecule has 2 fully saturated rings. The van der Waals surface area contributed by atoms with Crippen molar-refractivity contribution in [2.24, 2.45) is 11.8 Å². The van der Waals surface area contributed by atoms with E-state index in [0.29, 0.717) is 19.1 Å². The summed E-state index contributed by atoms with van der Waals surface area (Å²) in [6, 6.07) is 0.0702. The molecule has 1 N–H and O–H groups in total. The summed E-state index contributed by atoms with van der Waals surface area (Å²) in [5.41, 5.74) is 0. The lowest BCUT2D eigenvalue weighted by Crippen LogP contribution is -2.51. The number of urea groups is 1. The number of ether oxygens (including phenoxy) is 2. The van der Waals surface area contributed by atoms with Gasteiger partial charge in [-0.15, -0.1) is 0 Å². The van der Waals surface area contributed by atoms with Crippen LogP contribution in [0.15, 0.2) is 12.2 Å². The summed E-state index contributed by atoms with van der Waals surface area (Å²) in [5, 5.41) is 3.12. The Hall–Kier alpha value is -1.07. The van der Waals surface area contributed by atoms with Gasteiger partial charge >= 0.3 is 6.03 Å². The van der Waals surface area contributed by atoms with Crippen molar-refractivity contribution in [3.05, 3.63) is 12.2 Å². The molecule has 2 atom stereocenters. The molecule has 2 heterocycles. The number of nitrogens with zero attached hydrogens (tertiary/aromatic N) is 1. The van der Waals surface area contributed by atoms with Crippen LogP contribution in [0.3, 0.4) is 0 Å². The quantitative estimate of drug-likeness (QED) is 0.815. The molecule has 1 aliphatic carbocycles. The van der Waals surface area contributed by atoms with Crippen LogP contribution in [0.1, 0.15) is 39.0 Å². The molecule has 3 aliphatic rings. The molecule has 0 radical (unpaired) electrons. The van der Waals surface area contributed by atoms with Crippen molar-refractivity contribution in [3.8, 4) is 0 Å². The number of hydrogen-bond donors (Lipinski definition) is 1. The zero-order chi connectivity index (χ0) is 15.4. The first-order valence-electron chi connectivity index (χ1n) is 8.63. The lowest BCUT2D eigenvalue weighted by Gasteiger charge is -2.40. The predicted molar refractivity (Wildman–Crippen MR) is 84.5 cm³/mol. The van der Waals surface area contributed by atoms with Crippen LogP contribution in [0.5, 0.6) is 0 Å². The molecular weight excluding hydrogens is 280 g/mol. The van der Waals surface area contributed by atoms with Gasteiger partial charge in [0.25, 0.3) is 0 Å². The van der Waals surface area contributed by atoms with E-state index < -0.39 is 5.79 Å². The van der Waals surface area contributed by atoms with Gasteiger partial charge in [0, 0.05) is 25.6 Å². The zero-order valence-corrected chi connectivity index (χ0v) is 13.6. The predicted octanol–water partition coefficient (Wildman–Crippen LogP) is 2.53. The van der Waals surface area contributed by atoms with Gasteiger partial charge in [0.05, 0.1) is 13.2 Å². The van der Waals surface area contributed by atoms with Gasteiger partial charge < -0.3 is 19.7 Å². The highest BCUT2D eigenvalue weighted by Gasteiger charge is 2.42. The molecular formula is C17H28N2O3. The van der Waals surface area contributed by atoms with Crippen LogP contribution in [0, 0.1) is 11.8 Å². The molecule has 0 aromatic rings. The van der Waals surface area contributed by atoms with Crippen molar-refractivity contribution in [2.45, 2.75) is 44.8 Å². The minimum absolute atomic E-state index is 0.0702. The van der Waals surface area contributed by atoms with E-state index in [9.17, 15) is 4.79 Å². The van der Waals surface area contributed by atoms with Gasteiger partial charge in [-0.3, -0.25) is 0 Å². The molecule has 0 bridgehead atoms. The van der Waals surface area contributed by atoms with Crippen molar-refractivity contribution in [3.63, 3.8) is 0 Å². The average Bonchev–Trinajstić information content (AvgIpc) is 3.02. The first-order valence-corrected chi connectivity index (χ1v) is 8.63. The topological polar surface area (TPSA) is 50.8 Å². The van der Waals surface area contributed by atoms with Gasteiger partial charge in [0.1, 0.15) is 0 Å². The second kappa shape index (κ2) is 7.01. The Morgan fingerprint density at radius 3 is 2.86 bits per heavy atom. The normalized spacial score (nSPS) is 31.2. The SMILES string of the molecule is CC1([C@@H]2CCCN(C(=O)NC[C@H]3CC=CCC3)C2)OCCO1. The third-order valence-corrected chi connectivity index (χ3v) is 5.23. The Balaban J connectivity index is 1.48. The summed E-state index contributed by atoms with van der Waals surface area (Å²) in [6.45, 7) is 5.69. The highest BCUT2D eigenvalue weighted by molar-refractivity contribution is 5.74. The number of allylic oxidation sites excluding steroid dienone is 2. The molecule has 0 saturated carbocycles. The Morgan fingerprint density at radius 1 is 1.32 bits per heavy atom. The van der Waals surface area contributed by atoms with E-state index in [-0.39, 0.29) is 11.9 Å². The Labute approximate surface area is 133 Å². The summed E-state index contributed by atoms with van der Waals surface area (Å²) >= 11 is 0. The standard InChI is InChI=1S/C17H28N2O3/c1-17(21-10-11-22-17)15-8-5-9-19(13-15)16(20)18-12-14-6-3-2-4-7-14/h2-3,14-15H,4-13H2,1H3,(H,18,20)/t14-,15+/m0/s1. The van der Waals surface area contributed by atoms with Crippen molar-refractivity contribution in [1.82, 2.24) is 10.2 Å². The third kappa shape index (κ3) is 3.63. The minimum Gasteiger partial charge on any atom is -0.347 e. The Bertz CT molecular complexity index is 418. The van der Waals surface area contributed by atoms with Crippen LogP contribution in [-0.2, 0) is 9.47 Å². The van der Waals surface area contributed by atoms with Crippen molar-refractivity contribution in [1.29, 1.82) is 0 Å². The third-order valence-electron chi connectivity index (χ3n) is 5.23. The number of amides is 2. The van der Waals surface area contributed by atoms with E-state index in [1.54, 1.807) is 0 Å². The van der Waals surface area contributed by atoms with Crippen LogP contribution < -0.4 is 5.32 Å². The van der Waals surface area contributed by atoms with E-state index in [2.05, 4.69) is 17.5 Å². The van der Waals surface area contributed by atoms with Gasteiger partial charge in [0.2, 0.25) is 0 Å².